The molecule has 2 atom stereocenters. The summed E-state index contributed by atoms with van der Waals surface area (Å²) in [4.78, 5) is 39.1. The highest BCUT2D eigenvalue weighted by molar-refractivity contribution is 9.10. The first kappa shape index (κ1) is 19.8. The fourth-order valence-corrected chi connectivity index (χ4v) is 3.83. The number of nitrogens with zero attached hydrogens (tertiary/aromatic N) is 4. The molecule has 0 radical (unpaired) electrons. The molecule has 4 rings (SSSR count). The van der Waals surface area contributed by atoms with Crippen LogP contribution in [0.5, 0.6) is 0 Å². The van der Waals surface area contributed by atoms with Gasteiger partial charge in [0.2, 0.25) is 5.91 Å². The Morgan fingerprint density at radius 3 is 2.62 bits per heavy atom. The molecule has 2 aromatic carbocycles. The zero-order valence-corrected chi connectivity index (χ0v) is 17.6. The van der Waals surface area contributed by atoms with Crippen LogP contribution in [-0.2, 0) is 14.4 Å². The lowest BCUT2D eigenvalue weighted by Gasteiger charge is -2.20. The predicted molar refractivity (Wildman–Crippen MR) is 111 cm³/mol. The average Bonchev–Trinajstić information content (AvgIpc) is 3.18. The summed E-state index contributed by atoms with van der Waals surface area (Å²) in [7, 11) is 0. The van der Waals surface area contributed by atoms with Gasteiger partial charge >= 0.3 is 0 Å². The average molecular weight is 497 g/mol. The molecule has 0 saturated carbocycles. The number of fused-ring (bicyclic) bond motifs is 1. The van der Waals surface area contributed by atoms with Crippen LogP contribution in [0, 0.1) is 0 Å². The van der Waals surface area contributed by atoms with Gasteiger partial charge in [0.05, 0.1) is 15.7 Å². The van der Waals surface area contributed by atoms with Gasteiger partial charge in [-0.1, -0.05) is 50.4 Å². The van der Waals surface area contributed by atoms with Crippen molar-refractivity contribution in [2.45, 2.75) is 12.1 Å². The van der Waals surface area contributed by atoms with Gasteiger partial charge in [0, 0.05) is 10.2 Å². The number of hydrogen-bond donors (Lipinski definition) is 1. The number of benzene rings is 2. The van der Waals surface area contributed by atoms with Crippen molar-refractivity contribution in [3.8, 4) is 0 Å². The van der Waals surface area contributed by atoms with Gasteiger partial charge < -0.3 is 5.32 Å². The zero-order valence-electron chi connectivity index (χ0n) is 14.6. The topological polar surface area (TPSA) is 94.4 Å². The van der Waals surface area contributed by atoms with Gasteiger partial charge in [-0.05, 0) is 36.4 Å². The van der Waals surface area contributed by atoms with Crippen molar-refractivity contribution in [3.05, 3.63) is 57.0 Å². The van der Waals surface area contributed by atoms with E-state index >= 15 is 0 Å². The summed E-state index contributed by atoms with van der Waals surface area (Å²) in [6.07, 6.45) is 0. The summed E-state index contributed by atoms with van der Waals surface area (Å²) >= 11 is 15.1. The number of hydrogen-bond acceptors (Lipinski definition) is 6. The quantitative estimate of drug-likeness (QED) is 0.653. The lowest BCUT2D eigenvalue weighted by Crippen LogP contribution is -2.43. The number of imide groups is 1. The Bertz CT molecular complexity index is 1060. The molecule has 29 heavy (non-hydrogen) atoms. The first-order chi connectivity index (χ1) is 13.8. The lowest BCUT2D eigenvalue weighted by atomic mass is 10.1. The highest BCUT2D eigenvalue weighted by Crippen LogP contribution is 2.33. The molecule has 0 aromatic heterocycles. The van der Waals surface area contributed by atoms with E-state index in [0.29, 0.717) is 21.4 Å². The molecular formula is C18H12BrCl2N5O3. The van der Waals surface area contributed by atoms with Crippen molar-refractivity contribution in [2.24, 2.45) is 10.3 Å². The second-order valence-corrected chi connectivity index (χ2v) is 8.09. The molecule has 1 N–H and O–H groups in total. The van der Waals surface area contributed by atoms with Crippen LogP contribution in [0.15, 0.2) is 57.3 Å². The summed E-state index contributed by atoms with van der Waals surface area (Å²) in [5.74, 6) is -1.40. The van der Waals surface area contributed by atoms with Crippen molar-refractivity contribution in [1.29, 1.82) is 0 Å². The van der Waals surface area contributed by atoms with Crippen LogP contribution >= 0.6 is 39.1 Å². The monoisotopic (exact) mass is 495 g/mol. The normalized spacial score (nSPS) is 20.4. The minimum absolute atomic E-state index is 0.254. The van der Waals surface area contributed by atoms with Gasteiger partial charge in [0.15, 0.2) is 12.1 Å². The second-order valence-electron chi connectivity index (χ2n) is 6.36. The molecule has 0 unspecified atom stereocenters. The Morgan fingerprint density at radius 2 is 1.90 bits per heavy atom. The van der Waals surface area contributed by atoms with E-state index < -0.39 is 29.8 Å². The zero-order chi connectivity index (χ0) is 20.7. The Balaban J connectivity index is 1.49. The van der Waals surface area contributed by atoms with Crippen molar-refractivity contribution in [1.82, 2.24) is 5.01 Å². The largest absolute Gasteiger partial charge is 0.324 e. The molecule has 3 amide bonds. The summed E-state index contributed by atoms with van der Waals surface area (Å²) < 4.78 is 0.729. The van der Waals surface area contributed by atoms with E-state index in [-0.39, 0.29) is 6.54 Å². The Labute approximate surface area is 183 Å². The SMILES string of the molecule is O=C(CN1N=N[C@H]2C(=O)N(c3cccc(Br)c3)C(=O)[C@H]21)Nc1ccc(Cl)c(Cl)c1. The Morgan fingerprint density at radius 1 is 1.10 bits per heavy atom. The minimum Gasteiger partial charge on any atom is -0.324 e. The molecule has 2 aliphatic heterocycles. The van der Waals surface area contributed by atoms with E-state index in [1.165, 1.54) is 11.1 Å². The third kappa shape index (κ3) is 3.73. The van der Waals surface area contributed by atoms with Gasteiger partial charge in [-0.3, -0.25) is 19.4 Å². The highest BCUT2D eigenvalue weighted by Gasteiger charge is 2.55. The molecule has 148 valence electrons. The molecule has 2 heterocycles. The van der Waals surface area contributed by atoms with E-state index in [9.17, 15) is 14.4 Å². The van der Waals surface area contributed by atoms with Gasteiger partial charge in [-0.2, -0.15) is 5.11 Å². The van der Waals surface area contributed by atoms with Crippen molar-refractivity contribution in [2.75, 3.05) is 16.8 Å². The van der Waals surface area contributed by atoms with Gasteiger partial charge in [-0.15, -0.1) is 0 Å². The third-order valence-electron chi connectivity index (χ3n) is 4.43. The summed E-state index contributed by atoms with van der Waals surface area (Å²) in [5.41, 5.74) is 0.876. The molecule has 8 nitrogen and oxygen atoms in total. The number of amides is 3. The summed E-state index contributed by atoms with van der Waals surface area (Å²) in [5, 5.41) is 12.3. The third-order valence-corrected chi connectivity index (χ3v) is 5.67. The number of anilines is 2. The van der Waals surface area contributed by atoms with Crippen LogP contribution in [0.3, 0.4) is 0 Å². The van der Waals surface area contributed by atoms with E-state index in [2.05, 4.69) is 31.6 Å². The van der Waals surface area contributed by atoms with Gasteiger partial charge in [-0.25, -0.2) is 4.90 Å². The van der Waals surface area contributed by atoms with Gasteiger partial charge in [0.1, 0.15) is 6.54 Å². The van der Waals surface area contributed by atoms with E-state index in [0.717, 1.165) is 9.37 Å². The van der Waals surface area contributed by atoms with Crippen LogP contribution in [-0.4, -0.2) is 41.4 Å². The van der Waals surface area contributed by atoms with E-state index in [1.807, 2.05) is 0 Å². The molecular weight excluding hydrogens is 485 g/mol. The standard InChI is InChI=1S/C18H12BrCl2N5O3/c19-9-2-1-3-11(6-9)26-17(28)15-16(18(26)29)25(24-23-15)8-14(27)22-10-4-5-12(20)13(21)7-10/h1-7,15-16H,8H2,(H,22,27)/t15-,16+/m1/s1. The first-order valence-electron chi connectivity index (χ1n) is 8.41. The maximum absolute atomic E-state index is 12.9. The van der Waals surface area contributed by atoms with E-state index in [1.54, 1.807) is 36.4 Å². The molecule has 2 aliphatic rings. The first-order valence-corrected chi connectivity index (χ1v) is 9.96. The molecule has 1 fully saturated rings. The fourth-order valence-electron chi connectivity index (χ4n) is 3.15. The van der Waals surface area contributed by atoms with Crippen LogP contribution in [0.1, 0.15) is 0 Å². The van der Waals surface area contributed by atoms with Crippen LogP contribution < -0.4 is 10.2 Å². The Hall–Kier alpha value is -2.49. The Kier molecular flexibility index (Phi) is 5.28. The van der Waals surface area contributed by atoms with Crippen LogP contribution in [0.2, 0.25) is 10.0 Å². The number of carbonyl (C=O) groups excluding carboxylic acids is 3. The molecule has 0 bridgehead atoms. The molecule has 0 aliphatic carbocycles. The molecule has 1 saturated heterocycles. The second kappa shape index (κ2) is 7.74. The number of halogens is 3. The van der Waals surface area contributed by atoms with E-state index in [4.69, 9.17) is 23.2 Å². The maximum atomic E-state index is 12.9. The molecule has 0 spiro atoms. The summed E-state index contributed by atoms with van der Waals surface area (Å²) in [6, 6.07) is 9.55. The predicted octanol–water partition coefficient (Wildman–Crippen LogP) is 3.69. The number of carbonyl (C=O) groups is 3. The van der Waals surface area contributed by atoms with Crippen LogP contribution in [0.4, 0.5) is 11.4 Å². The van der Waals surface area contributed by atoms with Crippen molar-refractivity contribution < 1.29 is 14.4 Å². The van der Waals surface area contributed by atoms with Gasteiger partial charge in [0.25, 0.3) is 11.8 Å². The van der Waals surface area contributed by atoms with Crippen molar-refractivity contribution >= 4 is 68.2 Å². The molecule has 2 aromatic rings. The highest BCUT2D eigenvalue weighted by atomic mass is 79.9. The number of rotatable bonds is 4. The lowest BCUT2D eigenvalue weighted by molar-refractivity contribution is -0.123. The molecule has 11 heteroatoms. The smallest absolute Gasteiger partial charge is 0.263 e. The number of nitrogens with one attached hydrogen (secondary N) is 1. The maximum Gasteiger partial charge on any atom is 0.263 e. The fraction of sp³-hybridized carbons (Fsp3) is 0.167. The summed E-state index contributed by atoms with van der Waals surface area (Å²) in [6.45, 7) is -0.254. The van der Waals surface area contributed by atoms with Crippen molar-refractivity contribution in [3.63, 3.8) is 0 Å². The van der Waals surface area contributed by atoms with Crippen LogP contribution in [0.25, 0.3) is 0 Å². The minimum atomic E-state index is -0.973.